The molecule has 1 fully saturated rings. The molecule has 0 radical (unpaired) electrons. The zero-order valence-electron chi connectivity index (χ0n) is 12.8. The molecule has 0 unspecified atom stereocenters. The number of hydrogen-bond donors (Lipinski definition) is 0. The maximum atomic E-state index is 4.94. The molecule has 0 amide bonds. The van der Waals surface area contributed by atoms with Crippen LogP contribution in [-0.2, 0) is 9.47 Å². The number of ether oxygens (including phenoxy) is 2. The molecule has 2 nitrogen and oxygen atoms in total. The SMILES string of the molecule is C1COCCO1.[CH2-]C(C)(C)C.[CH2-]C(C)(C)C.[Mg+2]. The Morgan fingerprint density at radius 2 is 0.765 bits per heavy atom. The summed E-state index contributed by atoms with van der Waals surface area (Å²) in [4.78, 5) is 0. The fourth-order valence-electron chi connectivity index (χ4n) is 0.440. The van der Waals surface area contributed by atoms with Crippen LogP contribution in [0.15, 0.2) is 0 Å². The maximum Gasteiger partial charge on any atom is 2.00 e. The van der Waals surface area contributed by atoms with Gasteiger partial charge >= 0.3 is 23.1 Å². The van der Waals surface area contributed by atoms with Gasteiger partial charge in [-0.05, 0) is 0 Å². The molecule has 0 saturated carbocycles. The van der Waals surface area contributed by atoms with E-state index >= 15 is 0 Å². The normalized spacial score (nSPS) is 15.5. The molecule has 1 heterocycles. The Morgan fingerprint density at radius 1 is 0.647 bits per heavy atom. The standard InChI is InChI=1S/2C5H11.C4H8O2.Mg/c2*1-5(2,3)4;1-2-6-4-3-5-1;/h2*1H2,2-4H3;1-4H2;/q2*-1;;+2. The first-order chi connectivity index (χ1) is 7.00. The largest absolute Gasteiger partial charge is 2.00 e. The molecular weight excluding hydrogens is 224 g/mol. The van der Waals surface area contributed by atoms with Crippen LogP contribution in [0.5, 0.6) is 0 Å². The van der Waals surface area contributed by atoms with Gasteiger partial charge in [-0.15, -0.1) is 0 Å². The van der Waals surface area contributed by atoms with Crippen LogP contribution in [0.1, 0.15) is 41.5 Å². The van der Waals surface area contributed by atoms with E-state index in [0.717, 1.165) is 26.4 Å². The molecule has 0 aromatic carbocycles. The molecule has 0 bridgehead atoms. The molecular formula is C14H30MgO2. The van der Waals surface area contributed by atoms with Gasteiger partial charge in [0.2, 0.25) is 0 Å². The van der Waals surface area contributed by atoms with E-state index in [0.29, 0.717) is 0 Å². The first kappa shape index (κ1) is 22.8. The van der Waals surface area contributed by atoms with E-state index < -0.39 is 0 Å². The average Bonchev–Trinajstić information content (AvgIpc) is 2.01. The third-order valence-corrected chi connectivity index (χ3v) is 0.744. The summed E-state index contributed by atoms with van der Waals surface area (Å²) in [6, 6.07) is 0. The predicted molar refractivity (Wildman–Crippen MR) is 77.0 cm³/mol. The summed E-state index contributed by atoms with van der Waals surface area (Å²) in [5.74, 6) is 0. The number of rotatable bonds is 0. The predicted octanol–water partition coefficient (Wildman–Crippen LogP) is 3.39. The Hall–Kier alpha value is 0.686. The van der Waals surface area contributed by atoms with Crippen LogP contribution in [0.3, 0.4) is 0 Å². The molecule has 0 aromatic heterocycles. The van der Waals surface area contributed by atoms with Gasteiger partial charge in [0.05, 0.1) is 26.4 Å². The van der Waals surface area contributed by atoms with Crippen molar-refractivity contribution in [3.05, 3.63) is 13.8 Å². The third-order valence-electron chi connectivity index (χ3n) is 0.744. The zero-order valence-corrected chi connectivity index (χ0v) is 14.2. The van der Waals surface area contributed by atoms with Crippen molar-refractivity contribution in [2.45, 2.75) is 41.5 Å². The second-order valence-corrected chi connectivity index (χ2v) is 6.35. The summed E-state index contributed by atoms with van der Waals surface area (Å²) in [6.07, 6.45) is 0. The van der Waals surface area contributed by atoms with Crippen molar-refractivity contribution in [1.82, 2.24) is 0 Å². The summed E-state index contributed by atoms with van der Waals surface area (Å²) in [6.45, 7) is 23.1. The quantitative estimate of drug-likeness (QED) is 0.487. The first-order valence-electron chi connectivity index (χ1n) is 5.86. The van der Waals surface area contributed by atoms with Gasteiger partial charge in [-0.1, -0.05) is 41.5 Å². The molecule has 1 saturated heterocycles. The molecule has 0 N–H and O–H groups in total. The molecule has 1 aliphatic rings. The second-order valence-electron chi connectivity index (χ2n) is 6.35. The fraction of sp³-hybridized carbons (Fsp3) is 0.857. The van der Waals surface area contributed by atoms with Crippen LogP contribution in [0.25, 0.3) is 0 Å². The van der Waals surface area contributed by atoms with E-state index in [1.54, 1.807) is 0 Å². The average molecular weight is 255 g/mol. The molecule has 1 rings (SSSR count). The fourth-order valence-corrected chi connectivity index (χ4v) is 0.440. The van der Waals surface area contributed by atoms with E-state index in [-0.39, 0.29) is 33.9 Å². The summed E-state index contributed by atoms with van der Waals surface area (Å²) >= 11 is 0. The van der Waals surface area contributed by atoms with E-state index in [1.807, 2.05) is 0 Å². The molecule has 17 heavy (non-hydrogen) atoms. The topological polar surface area (TPSA) is 18.5 Å². The van der Waals surface area contributed by atoms with Crippen molar-refractivity contribution in [2.75, 3.05) is 26.4 Å². The van der Waals surface area contributed by atoms with Gasteiger partial charge in [-0.25, -0.2) is 0 Å². The van der Waals surface area contributed by atoms with Gasteiger partial charge in [0.1, 0.15) is 0 Å². The first-order valence-corrected chi connectivity index (χ1v) is 5.86. The van der Waals surface area contributed by atoms with Crippen LogP contribution in [0.4, 0.5) is 0 Å². The monoisotopic (exact) mass is 254 g/mol. The zero-order chi connectivity index (χ0) is 13.2. The molecule has 3 heteroatoms. The summed E-state index contributed by atoms with van der Waals surface area (Å²) < 4.78 is 9.89. The van der Waals surface area contributed by atoms with Gasteiger partial charge in [0.15, 0.2) is 0 Å². The molecule has 0 spiro atoms. The molecule has 0 aliphatic carbocycles. The van der Waals surface area contributed by atoms with Crippen molar-refractivity contribution in [3.63, 3.8) is 0 Å². The van der Waals surface area contributed by atoms with Crippen molar-refractivity contribution in [1.29, 1.82) is 0 Å². The van der Waals surface area contributed by atoms with E-state index in [2.05, 4.69) is 55.4 Å². The summed E-state index contributed by atoms with van der Waals surface area (Å²) in [5.41, 5.74) is 0.500. The van der Waals surface area contributed by atoms with Gasteiger partial charge in [-0.3, -0.25) is 0 Å². The minimum Gasteiger partial charge on any atom is -0.377 e. The Labute approximate surface area is 125 Å². The molecule has 1 aliphatic heterocycles. The molecule has 0 aromatic rings. The third kappa shape index (κ3) is 80.5. The van der Waals surface area contributed by atoms with Crippen LogP contribution >= 0.6 is 0 Å². The van der Waals surface area contributed by atoms with Gasteiger partial charge in [0, 0.05) is 0 Å². The minimum absolute atomic E-state index is 0. The Bertz CT molecular complexity index is 106. The minimum atomic E-state index is 0. The Morgan fingerprint density at radius 3 is 0.824 bits per heavy atom. The van der Waals surface area contributed by atoms with Crippen LogP contribution in [0.2, 0.25) is 0 Å². The van der Waals surface area contributed by atoms with E-state index in [9.17, 15) is 0 Å². The van der Waals surface area contributed by atoms with Crippen molar-refractivity contribution < 1.29 is 9.47 Å². The van der Waals surface area contributed by atoms with Crippen molar-refractivity contribution in [2.24, 2.45) is 10.8 Å². The van der Waals surface area contributed by atoms with E-state index in [4.69, 9.17) is 9.47 Å². The van der Waals surface area contributed by atoms with Gasteiger partial charge < -0.3 is 23.3 Å². The van der Waals surface area contributed by atoms with Crippen LogP contribution < -0.4 is 0 Å². The Kier molecular flexibility index (Phi) is 15.8. The van der Waals surface area contributed by atoms with Gasteiger partial charge in [-0.2, -0.15) is 10.8 Å². The smallest absolute Gasteiger partial charge is 0.377 e. The molecule has 0 atom stereocenters. The van der Waals surface area contributed by atoms with E-state index in [1.165, 1.54) is 0 Å². The number of hydrogen-bond acceptors (Lipinski definition) is 2. The van der Waals surface area contributed by atoms with Crippen LogP contribution in [0, 0.1) is 24.7 Å². The van der Waals surface area contributed by atoms with Gasteiger partial charge in [0.25, 0.3) is 0 Å². The maximum absolute atomic E-state index is 4.94. The summed E-state index contributed by atoms with van der Waals surface area (Å²) in [5, 5.41) is 0. The second kappa shape index (κ2) is 11.8. The summed E-state index contributed by atoms with van der Waals surface area (Å²) in [7, 11) is 0. The Balaban J connectivity index is -0.000000170. The molecule has 100 valence electrons. The van der Waals surface area contributed by atoms with Crippen molar-refractivity contribution >= 4 is 23.1 Å². The van der Waals surface area contributed by atoms with Crippen LogP contribution in [-0.4, -0.2) is 49.5 Å². The van der Waals surface area contributed by atoms with Crippen molar-refractivity contribution in [3.8, 4) is 0 Å².